The fraction of sp³-hybridized carbons (Fsp3) is 0.365. The standard InChI is InChI=1S/C19H18O2.C15H16O2.C14H14O2.2C2H6/c1-12-4-3-5-15(10-12)18-13(2)6-7-14-8-9-16(19(20)21)11-17(14)18;1-17-15(16)12-8-7-10-3-2-4-13(11-5-6-11)14(10)9-12;15-14(16)11-7-6-9-2-1-3-12(10-4-5-10)13(9)8-11;2*1-2/h3-5,8-11H,6-7H2,1-2H3,(H,20,21);4,7-9,11H,2-3,5-6H2,1H3;3,6-8,10H,1-2,4-5H2,(H,15,16);2*1-2H3. The van der Waals surface area contributed by atoms with Crippen molar-refractivity contribution in [2.75, 3.05) is 7.11 Å². The molecular weight excluding hydrogens is 721 g/mol. The van der Waals surface area contributed by atoms with E-state index in [0.29, 0.717) is 22.6 Å². The Hall–Kier alpha value is -5.49. The molecule has 0 bridgehead atoms. The summed E-state index contributed by atoms with van der Waals surface area (Å²) in [6.45, 7) is 12.2. The van der Waals surface area contributed by atoms with Gasteiger partial charge in [0, 0.05) is 0 Å². The molecule has 0 aromatic heterocycles. The molecule has 304 valence electrons. The largest absolute Gasteiger partial charge is 0.478 e. The van der Waals surface area contributed by atoms with E-state index >= 15 is 0 Å². The van der Waals surface area contributed by atoms with Crippen molar-refractivity contribution in [1.29, 1.82) is 0 Å². The third-order valence-electron chi connectivity index (χ3n) is 11.2. The highest BCUT2D eigenvalue weighted by Crippen LogP contribution is 2.46. The zero-order valence-electron chi connectivity index (χ0n) is 35.4. The van der Waals surface area contributed by atoms with E-state index in [4.69, 9.17) is 9.84 Å². The zero-order chi connectivity index (χ0) is 41.9. The van der Waals surface area contributed by atoms with E-state index in [-0.39, 0.29) is 5.97 Å². The van der Waals surface area contributed by atoms with Crippen molar-refractivity contribution in [3.8, 4) is 0 Å². The lowest BCUT2D eigenvalue weighted by Crippen LogP contribution is -2.07. The second kappa shape index (κ2) is 20.3. The Morgan fingerprint density at radius 1 is 0.569 bits per heavy atom. The van der Waals surface area contributed by atoms with Crippen LogP contribution in [0.3, 0.4) is 0 Å². The van der Waals surface area contributed by atoms with Crippen LogP contribution in [0.4, 0.5) is 0 Å². The van der Waals surface area contributed by atoms with Gasteiger partial charge in [-0.3, -0.25) is 0 Å². The van der Waals surface area contributed by atoms with Gasteiger partial charge in [0.15, 0.2) is 0 Å². The lowest BCUT2D eigenvalue weighted by molar-refractivity contribution is 0.0599. The van der Waals surface area contributed by atoms with Crippen molar-refractivity contribution in [1.82, 2.24) is 0 Å². The smallest absolute Gasteiger partial charge is 0.337 e. The molecule has 6 heteroatoms. The van der Waals surface area contributed by atoms with Crippen LogP contribution in [0.2, 0.25) is 0 Å². The van der Waals surface area contributed by atoms with Crippen molar-refractivity contribution in [2.45, 2.75) is 106 Å². The number of ether oxygens (including phenoxy) is 1. The van der Waals surface area contributed by atoms with Crippen molar-refractivity contribution in [3.05, 3.63) is 158 Å². The third-order valence-corrected chi connectivity index (χ3v) is 11.2. The molecule has 9 rings (SSSR count). The first kappa shape index (κ1) is 43.6. The average Bonchev–Trinajstić information content (AvgIpc) is 4.20. The molecule has 0 saturated heterocycles. The maximum Gasteiger partial charge on any atom is 0.337 e. The summed E-state index contributed by atoms with van der Waals surface area (Å²) in [6.07, 6.45) is 16.2. The van der Waals surface area contributed by atoms with Gasteiger partial charge in [0.05, 0.1) is 23.8 Å². The summed E-state index contributed by atoms with van der Waals surface area (Å²) in [5, 5.41) is 18.2. The van der Waals surface area contributed by atoms with Crippen LogP contribution in [-0.4, -0.2) is 35.2 Å². The number of methoxy groups -OCH3 is 1. The SMILES string of the molecule is CC.CC.CC1=C(c2cccc(C)c2)c2cc(C(=O)O)ccc2CC1.COC(=O)c1ccc2c(c1)C(C1CC1)=CCC2.O=C(O)c1ccc2c(c1)C(C1CC1)=CCC2. The Morgan fingerprint density at radius 3 is 1.50 bits per heavy atom. The number of carbonyl (C=O) groups excluding carboxylic acids is 1. The number of rotatable bonds is 6. The molecule has 0 heterocycles. The highest BCUT2D eigenvalue weighted by atomic mass is 16.5. The number of fused-ring (bicyclic) bond motifs is 3. The Kier molecular flexibility index (Phi) is 15.3. The molecule has 6 nitrogen and oxygen atoms in total. The fourth-order valence-corrected chi connectivity index (χ4v) is 8.09. The first-order chi connectivity index (χ1) is 28.1. The molecule has 0 aliphatic heterocycles. The normalized spacial score (nSPS) is 15.8. The van der Waals surface area contributed by atoms with E-state index in [1.54, 1.807) is 12.1 Å². The predicted molar refractivity (Wildman–Crippen MR) is 237 cm³/mol. The van der Waals surface area contributed by atoms with Gasteiger partial charge in [-0.15, -0.1) is 0 Å². The summed E-state index contributed by atoms with van der Waals surface area (Å²) >= 11 is 0. The Morgan fingerprint density at radius 2 is 1.03 bits per heavy atom. The second-order valence-corrected chi connectivity index (χ2v) is 15.2. The molecule has 0 spiro atoms. The van der Waals surface area contributed by atoms with Gasteiger partial charge < -0.3 is 14.9 Å². The van der Waals surface area contributed by atoms with Crippen molar-refractivity contribution in [3.63, 3.8) is 0 Å². The summed E-state index contributed by atoms with van der Waals surface area (Å²) < 4.78 is 4.78. The number of aryl methyl sites for hydroxylation is 4. The van der Waals surface area contributed by atoms with Gasteiger partial charge in [-0.2, -0.15) is 0 Å². The van der Waals surface area contributed by atoms with Gasteiger partial charge in [-0.25, -0.2) is 14.4 Å². The summed E-state index contributed by atoms with van der Waals surface area (Å²) in [6, 6.07) is 25.4. The van der Waals surface area contributed by atoms with Gasteiger partial charge in [0.2, 0.25) is 0 Å². The number of aromatic carboxylic acids is 2. The maximum atomic E-state index is 11.5. The highest BCUT2D eigenvalue weighted by Gasteiger charge is 2.31. The van der Waals surface area contributed by atoms with Crippen molar-refractivity contribution in [2.24, 2.45) is 11.8 Å². The fourth-order valence-electron chi connectivity index (χ4n) is 8.09. The Bertz CT molecular complexity index is 2230. The van der Waals surface area contributed by atoms with Crippen LogP contribution in [0, 0.1) is 18.8 Å². The molecule has 2 saturated carbocycles. The highest BCUT2D eigenvalue weighted by molar-refractivity contribution is 5.93. The number of esters is 1. The molecule has 2 fully saturated rings. The van der Waals surface area contributed by atoms with Gasteiger partial charge >= 0.3 is 17.9 Å². The number of hydrogen-bond donors (Lipinski definition) is 2. The number of allylic oxidation sites excluding steroid dienone is 5. The molecule has 4 aromatic carbocycles. The topological polar surface area (TPSA) is 101 Å². The maximum absolute atomic E-state index is 11.5. The van der Waals surface area contributed by atoms with Crippen LogP contribution < -0.4 is 0 Å². The zero-order valence-corrected chi connectivity index (χ0v) is 35.4. The van der Waals surface area contributed by atoms with E-state index in [9.17, 15) is 19.5 Å². The van der Waals surface area contributed by atoms with Crippen LogP contribution >= 0.6 is 0 Å². The third kappa shape index (κ3) is 10.5. The van der Waals surface area contributed by atoms with E-state index in [2.05, 4.69) is 56.3 Å². The molecule has 0 atom stereocenters. The summed E-state index contributed by atoms with van der Waals surface area (Å²) in [5.74, 6) is -0.508. The van der Waals surface area contributed by atoms with E-state index in [1.165, 1.54) is 94.0 Å². The lowest BCUT2D eigenvalue weighted by atomic mass is 9.82. The monoisotopic (exact) mass is 780 g/mol. The molecule has 4 aromatic rings. The van der Waals surface area contributed by atoms with Crippen LogP contribution in [0.5, 0.6) is 0 Å². The molecule has 5 aliphatic carbocycles. The van der Waals surface area contributed by atoms with Gasteiger partial charge in [0.1, 0.15) is 0 Å². The second-order valence-electron chi connectivity index (χ2n) is 15.2. The average molecular weight is 781 g/mol. The minimum Gasteiger partial charge on any atom is -0.478 e. The summed E-state index contributed by atoms with van der Waals surface area (Å²) in [7, 11) is 1.43. The summed E-state index contributed by atoms with van der Waals surface area (Å²) in [5.41, 5.74) is 16.7. The van der Waals surface area contributed by atoms with Gasteiger partial charge in [-0.05, 0) is 182 Å². The Labute approximate surface area is 345 Å². The molecule has 0 unspecified atom stereocenters. The molecule has 2 N–H and O–H groups in total. The van der Waals surface area contributed by atoms with E-state index in [0.717, 1.165) is 50.0 Å². The lowest BCUT2D eigenvalue weighted by Gasteiger charge is -2.23. The number of benzene rings is 4. The number of carbonyl (C=O) groups is 3. The van der Waals surface area contributed by atoms with Crippen LogP contribution in [0.15, 0.2) is 96.6 Å². The van der Waals surface area contributed by atoms with Crippen LogP contribution in [0.1, 0.15) is 155 Å². The molecule has 0 radical (unpaired) electrons. The predicted octanol–water partition coefficient (Wildman–Crippen LogP) is 12.9. The minimum atomic E-state index is -0.871. The molecular formula is C52H60O6. The first-order valence-electron chi connectivity index (χ1n) is 21.2. The van der Waals surface area contributed by atoms with Crippen LogP contribution in [0.25, 0.3) is 16.7 Å². The molecule has 58 heavy (non-hydrogen) atoms. The van der Waals surface area contributed by atoms with Crippen LogP contribution in [-0.2, 0) is 24.0 Å². The first-order valence-corrected chi connectivity index (χ1v) is 21.2. The van der Waals surface area contributed by atoms with E-state index < -0.39 is 11.9 Å². The summed E-state index contributed by atoms with van der Waals surface area (Å²) in [4.78, 5) is 33.8. The quantitative estimate of drug-likeness (QED) is 0.189. The van der Waals surface area contributed by atoms with Gasteiger partial charge in [-0.1, -0.05) is 93.4 Å². The number of carboxylic acid groups (broad SMARTS) is 2. The van der Waals surface area contributed by atoms with Gasteiger partial charge in [0.25, 0.3) is 0 Å². The minimum absolute atomic E-state index is 0.242. The van der Waals surface area contributed by atoms with Crippen molar-refractivity contribution < 1.29 is 29.3 Å². The number of hydrogen-bond acceptors (Lipinski definition) is 4. The molecule has 0 amide bonds. The van der Waals surface area contributed by atoms with Crippen molar-refractivity contribution >= 4 is 34.6 Å². The molecule has 5 aliphatic rings. The number of carboxylic acids is 2. The Balaban J connectivity index is 0.000000160. The van der Waals surface area contributed by atoms with E-state index in [1.807, 2.05) is 64.1 Å².